The summed E-state index contributed by atoms with van der Waals surface area (Å²) in [6.45, 7) is 15.8. The Morgan fingerprint density at radius 3 is 2.27 bits per heavy atom. The summed E-state index contributed by atoms with van der Waals surface area (Å²) in [5.74, 6) is 0. The van der Waals surface area contributed by atoms with Crippen LogP contribution in [0.2, 0.25) is 0 Å². The van der Waals surface area contributed by atoms with E-state index in [4.69, 9.17) is 14.3 Å². The van der Waals surface area contributed by atoms with E-state index in [9.17, 15) is 0 Å². The molecule has 0 spiro atoms. The maximum Gasteiger partial charge on any atom is 0.259 e. The summed E-state index contributed by atoms with van der Waals surface area (Å²) in [6, 6.07) is 2.82. The second-order valence-corrected chi connectivity index (χ2v) is 11.2. The summed E-state index contributed by atoms with van der Waals surface area (Å²) in [5, 5.41) is 9.20. The molecule has 1 aliphatic heterocycles. The molecule has 0 N–H and O–H groups in total. The van der Waals surface area contributed by atoms with Gasteiger partial charge in [0.15, 0.2) is 0 Å². The lowest BCUT2D eigenvalue weighted by Crippen LogP contribution is -2.40. The largest absolute Gasteiger partial charge is 0.321 e. The van der Waals surface area contributed by atoms with E-state index in [0.29, 0.717) is 30.4 Å². The zero-order valence-electron chi connectivity index (χ0n) is 14.7. The molecule has 22 heavy (non-hydrogen) atoms. The molecule has 1 saturated heterocycles. The van der Waals surface area contributed by atoms with Crippen LogP contribution in [0.3, 0.4) is 0 Å². The normalized spacial score (nSPS) is 25.9. The van der Waals surface area contributed by atoms with E-state index < -0.39 is 8.53 Å². The predicted octanol–water partition coefficient (Wildman–Crippen LogP) is 5.21. The molecule has 1 heterocycles. The van der Waals surface area contributed by atoms with Gasteiger partial charge in [0.05, 0.1) is 25.2 Å². The third kappa shape index (κ3) is 5.54. The monoisotopic (exact) mass is 364 g/mol. The zero-order chi connectivity index (χ0) is 16.9. The molecule has 0 aliphatic carbocycles. The fourth-order valence-corrected chi connectivity index (χ4v) is 7.68. The SMILES string of the molecule is CC(C)N(C(C)C)P(OCCC#N)O[C@H]1[C@@H](C)SSC1(C)C. The molecular formula is C15H29N2O2PS2. The van der Waals surface area contributed by atoms with E-state index in [1.165, 1.54) is 0 Å². The first-order valence-electron chi connectivity index (χ1n) is 7.80. The molecule has 1 unspecified atom stereocenters. The Balaban J connectivity index is 2.87. The fourth-order valence-electron chi connectivity index (χ4n) is 2.47. The highest BCUT2D eigenvalue weighted by atomic mass is 33.1. The van der Waals surface area contributed by atoms with Crippen molar-refractivity contribution in [3.05, 3.63) is 0 Å². The van der Waals surface area contributed by atoms with Crippen LogP contribution >= 0.6 is 30.1 Å². The van der Waals surface area contributed by atoms with Gasteiger partial charge in [-0.25, -0.2) is 4.67 Å². The minimum atomic E-state index is -1.16. The third-order valence-electron chi connectivity index (χ3n) is 3.39. The average molecular weight is 365 g/mol. The highest BCUT2D eigenvalue weighted by molar-refractivity contribution is 8.77. The average Bonchev–Trinajstić information content (AvgIpc) is 2.64. The topological polar surface area (TPSA) is 45.5 Å². The predicted molar refractivity (Wildman–Crippen MR) is 98.8 cm³/mol. The van der Waals surface area contributed by atoms with E-state index in [1.54, 1.807) is 0 Å². The molecule has 3 atom stereocenters. The van der Waals surface area contributed by atoms with Gasteiger partial charge in [0.1, 0.15) is 0 Å². The highest BCUT2D eigenvalue weighted by Gasteiger charge is 2.45. The van der Waals surface area contributed by atoms with Gasteiger partial charge in [0, 0.05) is 22.1 Å². The summed E-state index contributed by atoms with van der Waals surface area (Å²) >= 11 is 0. The second-order valence-electron chi connectivity index (χ2n) is 6.56. The zero-order valence-corrected chi connectivity index (χ0v) is 17.2. The quantitative estimate of drug-likeness (QED) is 0.335. The molecule has 0 bridgehead atoms. The van der Waals surface area contributed by atoms with E-state index in [1.807, 2.05) is 21.6 Å². The Hall–Kier alpha value is 0.500. The Morgan fingerprint density at radius 1 is 1.27 bits per heavy atom. The van der Waals surface area contributed by atoms with Crippen LogP contribution in [0, 0.1) is 11.3 Å². The molecule has 7 heteroatoms. The minimum absolute atomic E-state index is 0.0723. The molecule has 1 aliphatic rings. The maximum absolute atomic E-state index is 8.76. The van der Waals surface area contributed by atoms with Crippen molar-refractivity contribution in [3.8, 4) is 6.07 Å². The van der Waals surface area contributed by atoms with Crippen molar-refractivity contribution >= 4 is 30.1 Å². The van der Waals surface area contributed by atoms with E-state index in [2.05, 4.69) is 59.2 Å². The van der Waals surface area contributed by atoms with Crippen molar-refractivity contribution in [3.63, 3.8) is 0 Å². The first-order valence-corrected chi connectivity index (χ1v) is 11.1. The second kappa shape index (κ2) is 9.11. The molecule has 0 aromatic carbocycles. The van der Waals surface area contributed by atoms with E-state index in [0.717, 1.165) is 0 Å². The summed E-state index contributed by atoms with van der Waals surface area (Å²) in [5.41, 5.74) is 0. The van der Waals surface area contributed by atoms with Crippen LogP contribution in [0.15, 0.2) is 0 Å². The lowest BCUT2D eigenvalue weighted by Gasteiger charge is -2.39. The lowest BCUT2D eigenvalue weighted by molar-refractivity contribution is 0.117. The Bertz CT molecular complexity index is 380. The number of rotatable bonds is 8. The molecule has 0 saturated carbocycles. The fraction of sp³-hybridized carbons (Fsp3) is 0.933. The van der Waals surface area contributed by atoms with Gasteiger partial charge in [-0.2, -0.15) is 5.26 Å². The van der Waals surface area contributed by atoms with Crippen molar-refractivity contribution in [2.75, 3.05) is 6.61 Å². The summed E-state index contributed by atoms with van der Waals surface area (Å²) < 4.78 is 14.9. The van der Waals surface area contributed by atoms with Crippen LogP contribution in [-0.4, -0.2) is 39.5 Å². The Kier molecular flexibility index (Phi) is 8.50. The summed E-state index contributed by atoms with van der Waals surface area (Å²) in [6.07, 6.45) is 0.551. The molecule has 1 rings (SSSR count). The molecule has 4 nitrogen and oxygen atoms in total. The van der Waals surface area contributed by atoms with Crippen LogP contribution in [0.5, 0.6) is 0 Å². The van der Waals surface area contributed by atoms with Crippen molar-refractivity contribution in [2.45, 2.75) is 83.1 Å². The molecule has 128 valence electrons. The van der Waals surface area contributed by atoms with Gasteiger partial charge in [-0.15, -0.1) is 0 Å². The van der Waals surface area contributed by atoms with Gasteiger partial charge in [-0.1, -0.05) is 21.6 Å². The van der Waals surface area contributed by atoms with Crippen molar-refractivity contribution < 1.29 is 9.05 Å². The molecule has 0 radical (unpaired) electrons. The lowest BCUT2D eigenvalue weighted by atomic mass is 10.0. The van der Waals surface area contributed by atoms with Crippen LogP contribution in [-0.2, 0) is 9.05 Å². The molecule has 0 amide bonds. The third-order valence-corrected chi connectivity index (χ3v) is 9.30. The maximum atomic E-state index is 8.76. The summed E-state index contributed by atoms with van der Waals surface area (Å²) in [7, 11) is 2.62. The van der Waals surface area contributed by atoms with Gasteiger partial charge >= 0.3 is 0 Å². The number of nitrogens with zero attached hydrogens (tertiary/aromatic N) is 2. The van der Waals surface area contributed by atoms with Crippen LogP contribution < -0.4 is 0 Å². The minimum Gasteiger partial charge on any atom is -0.321 e. The first kappa shape index (κ1) is 20.5. The highest BCUT2D eigenvalue weighted by Crippen LogP contribution is 2.57. The number of nitriles is 1. The standard InChI is InChI=1S/C15H29N2O2PS2/c1-11(2)17(12(3)4)20(18-10-8-9-16)19-14-13(5)21-22-15(14,6)7/h11-14H,8,10H2,1-7H3/t13-,14+,20?/m1/s1. The first-order chi connectivity index (χ1) is 10.2. The van der Waals surface area contributed by atoms with Gasteiger partial charge in [0.25, 0.3) is 8.53 Å². The van der Waals surface area contributed by atoms with Gasteiger partial charge < -0.3 is 9.05 Å². The van der Waals surface area contributed by atoms with E-state index in [-0.39, 0.29) is 10.9 Å². The van der Waals surface area contributed by atoms with Crippen molar-refractivity contribution in [1.82, 2.24) is 4.67 Å². The van der Waals surface area contributed by atoms with Crippen LogP contribution in [0.1, 0.15) is 54.9 Å². The number of hydrogen-bond donors (Lipinski definition) is 0. The molecule has 0 aromatic heterocycles. The van der Waals surface area contributed by atoms with E-state index >= 15 is 0 Å². The molecule has 1 fully saturated rings. The van der Waals surface area contributed by atoms with Crippen LogP contribution in [0.25, 0.3) is 0 Å². The molecule has 0 aromatic rings. The van der Waals surface area contributed by atoms with Gasteiger partial charge in [-0.3, -0.25) is 0 Å². The Labute approximate surface area is 145 Å². The van der Waals surface area contributed by atoms with Gasteiger partial charge in [-0.05, 0) is 48.5 Å². The number of hydrogen-bond acceptors (Lipinski definition) is 6. The van der Waals surface area contributed by atoms with Crippen LogP contribution in [0.4, 0.5) is 0 Å². The molecular weight excluding hydrogens is 335 g/mol. The van der Waals surface area contributed by atoms with Crippen molar-refractivity contribution in [2.24, 2.45) is 0 Å². The Morgan fingerprint density at radius 2 is 1.86 bits per heavy atom. The van der Waals surface area contributed by atoms with Crippen molar-refractivity contribution in [1.29, 1.82) is 5.26 Å². The smallest absolute Gasteiger partial charge is 0.259 e. The van der Waals surface area contributed by atoms with Gasteiger partial charge in [0.2, 0.25) is 0 Å². The summed E-state index contributed by atoms with van der Waals surface area (Å²) in [4.78, 5) is 0.